The van der Waals surface area contributed by atoms with Crippen molar-refractivity contribution in [3.8, 4) is 5.75 Å². The van der Waals surface area contributed by atoms with Crippen LogP contribution in [-0.2, 0) is 12.8 Å². The molecule has 0 amide bonds. The van der Waals surface area contributed by atoms with Crippen molar-refractivity contribution in [2.45, 2.75) is 25.8 Å². The summed E-state index contributed by atoms with van der Waals surface area (Å²) >= 11 is 3.50. The summed E-state index contributed by atoms with van der Waals surface area (Å²) in [4.78, 5) is 0. The largest absolute Gasteiger partial charge is 0.496 e. The van der Waals surface area contributed by atoms with Crippen molar-refractivity contribution in [2.75, 3.05) is 7.11 Å². The summed E-state index contributed by atoms with van der Waals surface area (Å²) in [7, 11) is 1.69. The molecule has 0 saturated carbocycles. The number of rotatable bonds is 5. The van der Waals surface area contributed by atoms with E-state index in [-0.39, 0.29) is 6.04 Å². The topological polar surface area (TPSA) is 35.2 Å². The van der Waals surface area contributed by atoms with Gasteiger partial charge in [0, 0.05) is 10.5 Å². The molecule has 0 fully saturated rings. The van der Waals surface area contributed by atoms with Crippen LogP contribution >= 0.6 is 15.9 Å². The maximum absolute atomic E-state index is 6.31. The number of ether oxygens (including phenoxy) is 1. The van der Waals surface area contributed by atoms with Gasteiger partial charge in [0.1, 0.15) is 5.75 Å². The van der Waals surface area contributed by atoms with Gasteiger partial charge in [-0.05, 0) is 54.7 Å². The van der Waals surface area contributed by atoms with Crippen molar-refractivity contribution in [3.63, 3.8) is 0 Å². The Morgan fingerprint density at radius 3 is 2.50 bits per heavy atom. The maximum Gasteiger partial charge on any atom is 0.122 e. The average Bonchev–Trinajstić information content (AvgIpc) is 2.41. The first-order chi connectivity index (χ1) is 9.60. The monoisotopic (exact) mass is 333 g/mol. The Morgan fingerprint density at radius 2 is 1.80 bits per heavy atom. The predicted molar refractivity (Wildman–Crippen MR) is 87.3 cm³/mol. The summed E-state index contributed by atoms with van der Waals surface area (Å²) in [6, 6.07) is 14.5. The summed E-state index contributed by atoms with van der Waals surface area (Å²) in [5.41, 5.74) is 10.1. The van der Waals surface area contributed by atoms with Crippen molar-refractivity contribution >= 4 is 15.9 Å². The molecule has 2 rings (SSSR count). The first kappa shape index (κ1) is 15.1. The molecule has 1 atom stereocenters. The highest BCUT2D eigenvalue weighted by Crippen LogP contribution is 2.24. The molecular formula is C17H20BrNO. The first-order valence-electron chi connectivity index (χ1n) is 6.72. The van der Waals surface area contributed by atoms with Crippen LogP contribution in [0.1, 0.15) is 16.7 Å². The Hall–Kier alpha value is -1.32. The third-order valence-electron chi connectivity index (χ3n) is 3.47. The third-order valence-corrected chi connectivity index (χ3v) is 3.96. The van der Waals surface area contributed by atoms with Crippen molar-refractivity contribution < 1.29 is 4.74 Å². The molecule has 0 aliphatic carbocycles. The van der Waals surface area contributed by atoms with Gasteiger partial charge in [0.15, 0.2) is 0 Å². The van der Waals surface area contributed by atoms with Gasteiger partial charge in [0.2, 0.25) is 0 Å². The Morgan fingerprint density at radius 1 is 1.10 bits per heavy atom. The number of nitrogens with two attached hydrogens (primary N) is 1. The van der Waals surface area contributed by atoms with Gasteiger partial charge in [-0.15, -0.1) is 0 Å². The van der Waals surface area contributed by atoms with Crippen LogP contribution in [0.2, 0.25) is 0 Å². The molecule has 0 radical (unpaired) electrons. The summed E-state index contributed by atoms with van der Waals surface area (Å²) in [6.07, 6.45) is 1.68. The molecule has 2 nitrogen and oxygen atoms in total. The molecular weight excluding hydrogens is 314 g/mol. The second kappa shape index (κ2) is 6.91. The van der Waals surface area contributed by atoms with E-state index in [1.54, 1.807) is 7.11 Å². The van der Waals surface area contributed by atoms with E-state index in [9.17, 15) is 0 Å². The van der Waals surface area contributed by atoms with Gasteiger partial charge >= 0.3 is 0 Å². The molecule has 1 unspecified atom stereocenters. The number of aryl methyl sites for hydroxylation is 1. The first-order valence-corrected chi connectivity index (χ1v) is 7.52. The molecule has 0 bridgehead atoms. The number of halogens is 1. The summed E-state index contributed by atoms with van der Waals surface area (Å²) in [5.74, 6) is 0.897. The summed E-state index contributed by atoms with van der Waals surface area (Å²) in [6.45, 7) is 2.13. The van der Waals surface area contributed by atoms with E-state index in [2.05, 4.69) is 53.2 Å². The molecule has 2 aromatic carbocycles. The second-order valence-electron chi connectivity index (χ2n) is 5.05. The van der Waals surface area contributed by atoms with Gasteiger partial charge in [-0.25, -0.2) is 0 Å². The molecule has 2 N–H and O–H groups in total. The van der Waals surface area contributed by atoms with Crippen LogP contribution in [0.15, 0.2) is 46.9 Å². The lowest BCUT2D eigenvalue weighted by molar-refractivity contribution is 0.407. The molecule has 20 heavy (non-hydrogen) atoms. The van der Waals surface area contributed by atoms with Gasteiger partial charge < -0.3 is 10.5 Å². The standard InChI is InChI=1S/C17H20BrNO/c1-12-5-3-4-6-13(12)10-16(19)11-14-9-15(18)7-8-17(14)20-2/h3-9,16H,10-11,19H2,1-2H3. The summed E-state index contributed by atoms with van der Waals surface area (Å²) in [5, 5.41) is 0. The molecule has 0 aromatic heterocycles. The minimum Gasteiger partial charge on any atom is -0.496 e. The zero-order valence-corrected chi connectivity index (χ0v) is 13.5. The number of hydrogen-bond acceptors (Lipinski definition) is 2. The quantitative estimate of drug-likeness (QED) is 0.901. The fourth-order valence-corrected chi connectivity index (χ4v) is 2.79. The van der Waals surface area contributed by atoms with E-state index in [1.165, 1.54) is 11.1 Å². The minimum absolute atomic E-state index is 0.0827. The molecule has 106 valence electrons. The predicted octanol–water partition coefficient (Wildman–Crippen LogP) is 3.88. The maximum atomic E-state index is 6.31. The fraction of sp³-hybridized carbons (Fsp3) is 0.294. The van der Waals surface area contributed by atoms with Crippen molar-refractivity contribution in [2.24, 2.45) is 5.73 Å². The molecule has 0 aliphatic rings. The molecule has 0 spiro atoms. The second-order valence-corrected chi connectivity index (χ2v) is 5.97. The van der Waals surface area contributed by atoms with Crippen LogP contribution in [-0.4, -0.2) is 13.2 Å². The average molecular weight is 334 g/mol. The Bertz CT molecular complexity index is 583. The zero-order valence-electron chi connectivity index (χ0n) is 11.9. The van der Waals surface area contributed by atoms with Gasteiger partial charge in [0.25, 0.3) is 0 Å². The van der Waals surface area contributed by atoms with Gasteiger partial charge in [0.05, 0.1) is 7.11 Å². The van der Waals surface area contributed by atoms with E-state index < -0.39 is 0 Å². The van der Waals surface area contributed by atoms with Crippen molar-refractivity contribution in [1.29, 1.82) is 0 Å². The Labute approximate surface area is 129 Å². The Kier molecular flexibility index (Phi) is 5.21. The normalized spacial score (nSPS) is 12.2. The number of hydrogen-bond donors (Lipinski definition) is 1. The highest BCUT2D eigenvalue weighted by molar-refractivity contribution is 9.10. The SMILES string of the molecule is COc1ccc(Br)cc1CC(N)Cc1ccccc1C. The van der Waals surface area contributed by atoms with Crippen LogP contribution in [0.5, 0.6) is 5.75 Å². The Balaban J connectivity index is 2.10. The molecule has 0 aliphatic heterocycles. The van der Waals surface area contributed by atoms with E-state index in [0.29, 0.717) is 0 Å². The van der Waals surface area contributed by atoms with Crippen LogP contribution in [0, 0.1) is 6.92 Å². The van der Waals surface area contributed by atoms with E-state index in [1.807, 2.05) is 12.1 Å². The molecule has 0 saturated heterocycles. The van der Waals surface area contributed by atoms with Crippen LogP contribution in [0.25, 0.3) is 0 Å². The van der Waals surface area contributed by atoms with Gasteiger partial charge in [-0.1, -0.05) is 40.2 Å². The van der Waals surface area contributed by atoms with E-state index in [4.69, 9.17) is 10.5 Å². The summed E-state index contributed by atoms with van der Waals surface area (Å²) < 4.78 is 6.45. The van der Waals surface area contributed by atoms with Crippen LogP contribution in [0.4, 0.5) is 0 Å². The smallest absolute Gasteiger partial charge is 0.122 e. The lowest BCUT2D eigenvalue weighted by atomic mass is 9.97. The minimum atomic E-state index is 0.0827. The lowest BCUT2D eigenvalue weighted by Crippen LogP contribution is -2.26. The highest BCUT2D eigenvalue weighted by atomic mass is 79.9. The van der Waals surface area contributed by atoms with Gasteiger partial charge in [-0.2, -0.15) is 0 Å². The highest BCUT2D eigenvalue weighted by Gasteiger charge is 2.11. The molecule has 0 heterocycles. The molecule has 3 heteroatoms. The fourth-order valence-electron chi connectivity index (χ4n) is 2.38. The number of methoxy groups -OCH3 is 1. The van der Waals surface area contributed by atoms with Crippen molar-refractivity contribution in [3.05, 3.63) is 63.6 Å². The van der Waals surface area contributed by atoms with Crippen molar-refractivity contribution in [1.82, 2.24) is 0 Å². The van der Waals surface area contributed by atoms with Crippen LogP contribution in [0.3, 0.4) is 0 Å². The van der Waals surface area contributed by atoms with E-state index in [0.717, 1.165) is 28.6 Å². The lowest BCUT2D eigenvalue weighted by Gasteiger charge is -2.16. The molecule has 2 aromatic rings. The number of benzene rings is 2. The van der Waals surface area contributed by atoms with E-state index >= 15 is 0 Å². The van der Waals surface area contributed by atoms with Gasteiger partial charge in [-0.3, -0.25) is 0 Å². The van der Waals surface area contributed by atoms with Crippen LogP contribution < -0.4 is 10.5 Å². The third kappa shape index (κ3) is 3.84. The zero-order chi connectivity index (χ0) is 14.5.